The van der Waals surface area contributed by atoms with Gasteiger partial charge < -0.3 is 4.98 Å². The third-order valence-corrected chi connectivity index (χ3v) is 3.13. The van der Waals surface area contributed by atoms with Crippen molar-refractivity contribution in [3.63, 3.8) is 0 Å². The van der Waals surface area contributed by atoms with Crippen LogP contribution in [0.5, 0.6) is 0 Å². The van der Waals surface area contributed by atoms with Crippen molar-refractivity contribution in [2.24, 2.45) is 0 Å². The number of aromatic nitrogens is 1. The highest BCUT2D eigenvalue weighted by atomic mass is 79.9. The maximum atomic E-state index is 10.3. The molecule has 0 bridgehead atoms. The monoisotopic (exact) mass is 270 g/mol. The van der Waals surface area contributed by atoms with Gasteiger partial charge in [0.15, 0.2) is 0 Å². The zero-order valence-electron chi connectivity index (χ0n) is 8.07. The Morgan fingerprint density at radius 2 is 2.47 bits per heavy atom. The van der Waals surface area contributed by atoms with Crippen molar-refractivity contribution in [1.29, 1.82) is 0 Å². The molecule has 1 aliphatic rings. The van der Waals surface area contributed by atoms with Crippen molar-refractivity contribution in [2.45, 2.75) is 17.7 Å². The Morgan fingerprint density at radius 3 is 3.20 bits per heavy atom. The summed E-state index contributed by atoms with van der Waals surface area (Å²) in [4.78, 5) is 13.5. The molecule has 0 unspecified atom stereocenters. The largest absolute Gasteiger partial charge is 0.361 e. The Bertz CT molecular complexity index is 492. The van der Waals surface area contributed by atoms with Gasteiger partial charge in [0.2, 0.25) is 6.54 Å². The van der Waals surface area contributed by atoms with Gasteiger partial charge in [-0.1, -0.05) is 28.1 Å². The van der Waals surface area contributed by atoms with Crippen molar-refractivity contribution in [3.8, 4) is 0 Å². The minimum atomic E-state index is -0.280. The summed E-state index contributed by atoms with van der Waals surface area (Å²) in [7, 11) is 0. The molecular weight excluding hydrogens is 260 g/mol. The molecule has 0 fully saturated rings. The number of aromatic amines is 1. The van der Waals surface area contributed by atoms with Crippen molar-refractivity contribution < 1.29 is 4.92 Å². The summed E-state index contributed by atoms with van der Waals surface area (Å²) in [6.45, 7) is -0.00884. The molecule has 0 aromatic carbocycles. The van der Waals surface area contributed by atoms with Crippen LogP contribution in [-0.2, 0) is 6.42 Å². The molecular formula is C10H11BrN2O2. The Kier molecular flexibility index (Phi) is 2.90. The van der Waals surface area contributed by atoms with Crippen LogP contribution in [0.2, 0.25) is 0 Å². The zero-order valence-corrected chi connectivity index (χ0v) is 9.66. The van der Waals surface area contributed by atoms with Gasteiger partial charge in [-0.2, -0.15) is 0 Å². The number of H-pyrrole nitrogens is 1. The maximum absolute atomic E-state index is 10.3. The Hall–Kier alpha value is -1.10. The number of rotatable bonds is 3. The van der Waals surface area contributed by atoms with E-state index in [0.717, 1.165) is 22.6 Å². The van der Waals surface area contributed by atoms with Gasteiger partial charge in [-0.05, 0) is 17.2 Å². The van der Waals surface area contributed by atoms with Crippen molar-refractivity contribution in [2.75, 3.05) is 6.54 Å². The fourth-order valence-electron chi connectivity index (χ4n) is 1.76. The number of nitrogens with zero attached hydrogens (tertiary/aromatic N) is 1. The SMILES string of the molecule is O=[N+]([O-])CCc1c[nH]c2c1=C[C@@H](Br)CC=2. The summed E-state index contributed by atoms with van der Waals surface area (Å²) in [5.41, 5.74) is 1.03. The van der Waals surface area contributed by atoms with Gasteiger partial charge in [0.1, 0.15) is 0 Å². The first-order valence-electron chi connectivity index (χ1n) is 4.81. The van der Waals surface area contributed by atoms with Gasteiger partial charge in [-0.15, -0.1) is 0 Å². The first kappa shape index (κ1) is 10.4. The Morgan fingerprint density at radius 1 is 1.67 bits per heavy atom. The first-order chi connectivity index (χ1) is 7.16. The molecule has 1 aromatic heterocycles. The molecule has 0 amide bonds. The lowest BCUT2D eigenvalue weighted by Crippen LogP contribution is -2.30. The molecule has 1 aromatic rings. The molecule has 5 heteroatoms. The summed E-state index contributed by atoms with van der Waals surface area (Å²) in [6, 6.07) is 0. The highest BCUT2D eigenvalue weighted by Gasteiger charge is 2.09. The number of alkyl halides is 1. The van der Waals surface area contributed by atoms with Gasteiger partial charge in [0.05, 0.1) is 0 Å². The molecule has 2 rings (SSSR count). The quantitative estimate of drug-likeness (QED) is 0.496. The number of halogens is 1. The van der Waals surface area contributed by atoms with Crippen LogP contribution < -0.4 is 10.6 Å². The average Bonchev–Trinajstić information content (AvgIpc) is 2.57. The summed E-state index contributed by atoms with van der Waals surface area (Å²) >= 11 is 3.52. The van der Waals surface area contributed by atoms with E-state index in [0.29, 0.717) is 11.2 Å². The minimum absolute atomic E-state index is 0.00884. The summed E-state index contributed by atoms with van der Waals surface area (Å²) in [5, 5.41) is 12.5. The third kappa shape index (κ3) is 2.28. The summed E-state index contributed by atoms with van der Waals surface area (Å²) in [6.07, 6.45) is 7.54. The second-order valence-electron chi connectivity index (χ2n) is 3.57. The third-order valence-electron chi connectivity index (χ3n) is 2.50. The Balaban J connectivity index is 2.31. The fraction of sp³-hybridized carbons (Fsp3) is 0.400. The molecule has 0 saturated heterocycles. The molecule has 1 aliphatic carbocycles. The van der Waals surface area contributed by atoms with Crippen LogP contribution in [0.25, 0.3) is 12.2 Å². The zero-order chi connectivity index (χ0) is 10.8. The van der Waals surface area contributed by atoms with E-state index in [1.807, 2.05) is 6.20 Å². The van der Waals surface area contributed by atoms with Crippen LogP contribution in [-0.4, -0.2) is 21.3 Å². The van der Waals surface area contributed by atoms with Gasteiger partial charge >= 0.3 is 0 Å². The molecule has 0 spiro atoms. The molecule has 4 nitrogen and oxygen atoms in total. The minimum Gasteiger partial charge on any atom is -0.361 e. The van der Waals surface area contributed by atoms with Crippen LogP contribution in [0.4, 0.5) is 0 Å². The average molecular weight is 271 g/mol. The maximum Gasteiger partial charge on any atom is 0.207 e. The molecule has 0 radical (unpaired) electrons. The van der Waals surface area contributed by atoms with Gasteiger partial charge in [-0.3, -0.25) is 10.1 Å². The molecule has 1 heterocycles. The standard InChI is InChI=1S/C10H11BrN2O2/c11-8-1-2-10-9(5-8)7(6-12-10)3-4-13(14)15/h2,5-6,8,12H,1,3-4H2/t8-/m0/s1. The smallest absolute Gasteiger partial charge is 0.207 e. The van der Waals surface area contributed by atoms with Crippen LogP contribution in [0.15, 0.2) is 6.20 Å². The van der Waals surface area contributed by atoms with E-state index in [4.69, 9.17) is 0 Å². The molecule has 1 N–H and O–H groups in total. The second-order valence-corrected chi connectivity index (χ2v) is 4.75. The molecule has 1 atom stereocenters. The molecule has 0 aliphatic heterocycles. The van der Waals surface area contributed by atoms with Gasteiger partial charge in [0.25, 0.3) is 0 Å². The predicted octanol–water partition coefficient (Wildman–Crippen LogP) is 0.562. The van der Waals surface area contributed by atoms with Crippen LogP contribution >= 0.6 is 15.9 Å². The normalized spacial score (nSPS) is 18.9. The number of hydrogen-bond donors (Lipinski definition) is 1. The number of nitro groups is 1. The van der Waals surface area contributed by atoms with E-state index in [2.05, 4.69) is 33.1 Å². The number of nitrogens with one attached hydrogen (secondary N) is 1. The fourth-order valence-corrected chi connectivity index (χ4v) is 2.21. The Labute approximate surface area is 95.0 Å². The molecule has 15 heavy (non-hydrogen) atoms. The van der Waals surface area contributed by atoms with E-state index in [-0.39, 0.29) is 11.5 Å². The van der Waals surface area contributed by atoms with Gasteiger partial charge in [0, 0.05) is 27.7 Å². The van der Waals surface area contributed by atoms with Crippen molar-refractivity contribution in [1.82, 2.24) is 4.98 Å². The summed E-state index contributed by atoms with van der Waals surface area (Å²) < 4.78 is 0. The van der Waals surface area contributed by atoms with Crippen molar-refractivity contribution >= 4 is 28.1 Å². The van der Waals surface area contributed by atoms with Gasteiger partial charge in [-0.25, -0.2) is 0 Å². The highest BCUT2D eigenvalue weighted by molar-refractivity contribution is 9.09. The van der Waals surface area contributed by atoms with E-state index >= 15 is 0 Å². The highest BCUT2D eigenvalue weighted by Crippen LogP contribution is 2.09. The van der Waals surface area contributed by atoms with E-state index in [1.54, 1.807) is 0 Å². The molecule has 80 valence electrons. The lowest BCUT2D eigenvalue weighted by atomic mass is 10.1. The van der Waals surface area contributed by atoms with E-state index < -0.39 is 0 Å². The summed E-state index contributed by atoms with van der Waals surface area (Å²) in [5.74, 6) is 0. The molecule has 0 saturated carbocycles. The predicted molar refractivity (Wildman–Crippen MR) is 61.9 cm³/mol. The number of hydrogen-bond acceptors (Lipinski definition) is 2. The van der Waals surface area contributed by atoms with Crippen LogP contribution in [0, 0.1) is 10.1 Å². The van der Waals surface area contributed by atoms with Crippen molar-refractivity contribution in [3.05, 3.63) is 32.4 Å². The number of fused-ring (bicyclic) bond motifs is 1. The lowest BCUT2D eigenvalue weighted by molar-refractivity contribution is -0.479. The second kappa shape index (κ2) is 4.18. The topological polar surface area (TPSA) is 58.9 Å². The van der Waals surface area contributed by atoms with E-state index in [1.165, 1.54) is 0 Å². The van der Waals surface area contributed by atoms with E-state index in [9.17, 15) is 10.1 Å². The lowest BCUT2D eigenvalue weighted by Gasteiger charge is -2.03. The van der Waals surface area contributed by atoms with Crippen LogP contribution in [0.1, 0.15) is 12.0 Å². The first-order valence-corrected chi connectivity index (χ1v) is 5.72. The van der Waals surface area contributed by atoms with Crippen LogP contribution in [0.3, 0.4) is 0 Å².